The van der Waals surface area contributed by atoms with Gasteiger partial charge < -0.3 is 15.3 Å². The predicted octanol–water partition coefficient (Wildman–Crippen LogP) is 5.99. The van der Waals surface area contributed by atoms with Gasteiger partial charge in [0.1, 0.15) is 5.82 Å². The molecule has 39 heavy (non-hydrogen) atoms. The van der Waals surface area contributed by atoms with Crippen LogP contribution in [0.3, 0.4) is 0 Å². The maximum Gasteiger partial charge on any atom is 0.324 e. The van der Waals surface area contributed by atoms with Gasteiger partial charge in [0.05, 0.1) is 39.5 Å². The molecule has 0 saturated carbocycles. The van der Waals surface area contributed by atoms with Crippen LogP contribution in [0.4, 0.5) is 16.3 Å². The zero-order valence-electron chi connectivity index (χ0n) is 22.0. The second-order valence-electron chi connectivity index (χ2n) is 10.6. The van der Waals surface area contributed by atoms with E-state index in [1.165, 1.54) is 0 Å². The molecule has 3 N–H and O–H groups in total. The molecular weight excluding hydrogens is 541 g/mol. The molecule has 0 bridgehead atoms. The van der Waals surface area contributed by atoms with Crippen LogP contribution in [-0.4, -0.2) is 50.8 Å². The number of carboxylic acids is 1. The topological polar surface area (TPSA) is 117 Å². The van der Waals surface area contributed by atoms with Gasteiger partial charge in [-0.3, -0.25) is 14.9 Å². The van der Waals surface area contributed by atoms with Gasteiger partial charge in [-0.05, 0) is 42.7 Å². The van der Waals surface area contributed by atoms with Crippen molar-refractivity contribution in [2.45, 2.75) is 45.4 Å². The van der Waals surface area contributed by atoms with E-state index >= 15 is 0 Å². The van der Waals surface area contributed by atoms with Crippen LogP contribution in [0, 0.1) is 5.92 Å². The molecule has 2 aromatic carbocycles. The molecule has 0 atom stereocenters. The van der Waals surface area contributed by atoms with E-state index in [1.807, 2.05) is 51.1 Å². The van der Waals surface area contributed by atoms with E-state index in [9.17, 15) is 19.5 Å². The summed E-state index contributed by atoms with van der Waals surface area (Å²) < 4.78 is 1.64. The van der Waals surface area contributed by atoms with Gasteiger partial charge in [-0.1, -0.05) is 62.2 Å². The summed E-state index contributed by atoms with van der Waals surface area (Å²) in [6.07, 6.45) is 1.17. The summed E-state index contributed by atoms with van der Waals surface area (Å²) in [5.41, 5.74) is 2.43. The van der Waals surface area contributed by atoms with Crippen molar-refractivity contribution >= 4 is 52.6 Å². The highest BCUT2D eigenvalue weighted by Crippen LogP contribution is 2.30. The van der Waals surface area contributed by atoms with Crippen LogP contribution in [0.5, 0.6) is 0 Å². The first kappa shape index (κ1) is 28.4. The standard InChI is InChI=1S/C28H31Cl2N5O4/c1-28(2,3)22-16-23(32-27(39)31-21-6-4-5-20(29)25(21)30)35(33-22)19-9-7-17(8-10-19)15-24(36)34-13-11-18(12-14-34)26(37)38/h4-10,16,18H,11-15H2,1-3H3,(H,37,38)(H2,31,32,39). The van der Waals surface area contributed by atoms with Crippen molar-refractivity contribution < 1.29 is 19.5 Å². The predicted molar refractivity (Wildman–Crippen MR) is 152 cm³/mol. The smallest absolute Gasteiger partial charge is 0.324 e. The number of carboxylic acid groups (broad SMARTS) is 1. The van der Waals surface area contributed by atoms with Crippen molar-refractivity contribution in [2.75, 3.05) is 23.7 Å². The lowest BCUT2D eigenvalue weighted by atomic mass is 9.92. The minimum atomic E-state index is -0.800. The molecule has 2 heterocycles. The second-order valence-corrected chi connectivity index (χ2v) is 11.4. The number of benzene rings is 2. The van der Waals surface area contributed by atoms with Crippen molar-refractivity contribution in [1.29, 1.82) is 0 Å². The third kappa shape index (κ3) is 6.91. The van der Waals surface area contributed by atoms with Crippen molar-refractivity contribution in [3.63, 3.8) is 0 Å². The number of nitrogens with zero attached hydrogens (tertiary/aromatic N) is 3. The van der Waals surface area contributed by atoms with Gasteiger partial charge in [0.2, 0.25) is 5.91 Å². The summed E-state index contributed by atoms with van der Waals surface area (Å²) in [7, 11) is 0. The average Bonchev–Trinajstić information content (AvgIpc) is 3.31. The molecule has 206 valence electrons. The lowest BCUT2D eigenvalue weighted by Gasteiger charge is -2.30. The van der Waals surface area contributed by atoms with Crippen molar-refractivity contribution in [3.05, 3.63) is 69.8 Å². The summed E-state index contributed by atoms with van der Waals surface area (Å²) in [4.78, 5) is 38.5. The molecule has 0 aliphatic carbocycles. The van der Waals surface area contributed by atoms with Crippen LogP contribution in [0.15, 0.2) is 48.5 Å². The Kier molecular flexibility index (Phi) is 8.51. The Balaban J connectivity index is 1.49. The number of aliphatic carboxylic acids is 1. The minimum Gasteiger partial charge on any atom is -0.481 e. The van der Waals surface area contributed by atoms with Gasteiger partial charge in [-0.25, -0.2) is 9.48 Å². The molecule has 1 aromatic heterocycles. The number of hydrogen-bond acceptors (Lipinski definition) is 4. The Morgan fingerprint density at radius 2 is 1.69 bits per heavy atom. The van der Waals surface area contributed by atoms with Crippen molar-refractivity contribution in [2.24, 2.45) is 5.92 Å². The number of carbonyl (C=O) groups excluding carboxylic acids is 2. The molecule has 3 aromatic rings. The van der Waals surface area contributed by atoms with E-state index in [4.69, 9.17) is 28.3 Å². The zero-order valence-corrected chi connectivity index (χ0v) is 23.5. The number of amides is 3. The van der Waals surface area contributed by atoms with E-state index in [1.54, 1.807) is 27.8 Å². The summed E-state index contributed by atoms with van der Waals surface area (Å²) in [5, 5.41) is 20.0. The fraction of sp³-hybridized carbons (Fsp3) is 0.357. The highest BCUT2D eigenvalue weighted by molar-refractivity contribution is 6.44. The van der Waals surface area contributed by atoms with Gasteiger partial charge in [-0.15, -0.1) is 0 Å². The van der Waals surface area contributed by atoms with Crippen LogP contribution >= 0.6 is 23.2 Å². The van der Waals surface area contributed by atoms with E-state index < -0.39 is 12.0 Å². The Morgan fingerprint density at radius 1 is 1.03 bits per heavy atom. The largest absolute Gasteiger partial charge is 0.481 e. The van der Waals surface area contributed by atoms with Crippen LogP contribution in [0.25, 0.3) is 5.69 Å². The number of carbonyl (C=O) groups is 3. The van der Waals surface area contributed by atoms with Crippen molar-refractivity contribution in [1.82, 2.24) is 14.7 Å². The van der Waals surface area contributed by atoms with Gasteiger partial charge in [0.15, 0.2) is 0 Å². The number of rotatable bonds is 6. The molecule has 0 unspecified atom stereocenters. The summed E-state index contributed by atoms with van der Waals surface area (Å²) >= 11 is 12.3. The first-order valence-electron chi connectivity index (χ1n) is 12.6. The Bertz CT molecular complexity index is 1370. The molecule has 1 aliphatic heterocycles. The Morgan fingerprint density at radius 3 is 2.31 bits per heavy atom. The summed E-state index contributed by atoms with van der Waals surface area (Å²) in [5.74, 6) is -0.751. The maximum atomic E-state index is 12.8. The van der Waals surface area contributed by atoms with Gasteiger partial charge in [0.25, 0.3) is 0 Å². The first-order valence-corrected chi connectivity index (χ1v) is 13.4. The SMILES string of the molecule is CC(C)(C)c1cc(NC(=O)Nc2cccc(Cl)c2Cl)n(-c2ccc(CC(=O)N3CCC(C(=O)O)CC3)cc2)n1. The lowest BCUT2D eigenvalue weighted by Crippen LogP contribution is -2.40. The van der Waals surface area contributed by atoms with E-state index in [-0.39, 0.29) is 28.7 Å². The fourth-order valence-corrected chi connectivity index (χ4v) is 4.67. The third-order valence-corrected chi connectivity index (χ3v) is 7.47. The molecule has 3 amide bonds. The quantitative estimate of drug-likeness (QED) is 0.336. The summed E-state index contributed by atoms with van der Waals surface area (Å²) in [6, 6.07) is 13.7. The number of nitrogens with one attached hydrogen (secondary N) is 2. The average molecular weight is 572 g/mol. The molecule has 9 nitrogen and oxygen atoms in total. The number of aromatic nitrogens is 2. The van der Waals surface area contributed by atoms with E-state index in [0.29, 0.717) is 48.1 Å². The second kappa shape index (κ2) is 11.7. The zero-order chi connectivity index (χ0) is 28.3. The number of likely N-dealkylation sites (tertiary alicyclic amines) is 1. The van der Waals surface area contributed by atoms with Crippen LogP contribution < -0.4 is 10.6 Å². The van der Waals surface area contributed by atoms with Gasteiger partial charge in [0, 0.05) is 24.6 Å². The highest BCUT2D eigenvalue weighted by atomic mass is 35.5. The van der Waals surface area contributed by atoms with E-state index in [0.717, 1.165) is 11.3 Å². The highest BCUT2D eigenvalue weighted by Gasteiger charge is 2.27. The van der Waals surface area contributed by atoms with Crippen LogP contribution in [0.1, 0.15) is 44.9 Å². The maximum absolute atomic E-state index is 12.8. The molecule has 1 fully saturated rings. The molecule has 1 aliphatic rings. The lowest BCUT2D eigenvalue weighted by molar-refractivity contribution is -0.145. The van der Waals surface area contributed by atoms with Gasteiger partial charge in [-0.2, -0.15) is 5.10 Å². The molecule has 1 saturated heterocycles. The van der Waals surface area contributed by atoms with Crippen LogP contribution in [0.2, 0.25) is 10.0 Å². The Labute approximate surface area is 237 Å². The van der Waals surface area contributed by atoms with Crippen molar-refractivity contribution in [3.8, 4) is 5.69 Å². The first-order chi connectivity index (χ1) is 18.4. The molecule has 0 spiro atoms. The normalized spacial score (nSPS) is 14.2. The number of urea groups is 1. The van der Waals surface area contributed by atoms with E-state index in [2.05, 4.69) is 10.6 Å². The van der Waals surface area contributed by atoms with Gasteiger partial charge >= 0.3 is 12.0 Å². The minimum absolute atomic E-state index is 0.0283. The number of piperidine rings is 1. The molecule has 4 rings (SSSR count). The van der Waals surface area contributed by atoms with Crippen LogP contribution in [-0.2, 0) is 21.4 Å². The molecule has 0 radical (unpaired) electrons. The fourth-order valence-electron chi connectivity index (χ4n) is 4.32. The summed E-state index contributed by atoms with van der Waals surface area (Å²) in [6.45, 7) is 7.00. The third-order valence-electron chi connectivity index (χ3n) is 6.65. The Hall–Kier alpha value is -3.56. The number of halogens is 2. The number of anilines is 2. The monoisotopic (exact) mass is 571 g/mol. The molecule has 11 heteroatoms. The number of hydrogen-bond donors (Lipinski definition) is 3. The molecular formula is C28H31Cl2N5O4.